The summed E-state index contributed by atoms with van der Waals surface area (Å²) in [7, 11) is -4.04. The van der Waals surface area contributed by atoms with Crippen molar-refractivity contribution in [3.05, 3.63) is 83.7 Å². The van der Waals surface area contributed by atoms with Gasteiger partial charge in [0.15, 0.2) is 0 Å². The molecule has 0 aliphatic heterocycles. The van der Waals surface area contributed by atoms with Gasteiger partial charge in [-0.3, -0.25) is 9.52 Å². The third kappa shape index (κ3) is 5.58. The number of hydrogen-bond acceptors (Lipinski definition) is 4. The molecule has 160 valence electrons. The molecule has 0 bridgehead atoms. The van der Waals surface area contributed by atoms with Crippen LogP contribution in [0.4, 0.5) is 26.2 Å². The van der Waals surface area contributed by atoms with Gasteiger partial charge < -0.3 is 16.4 Å². The van der Waals surface area contributed by atoms with E-state index in [2.05, 4.69) is 15.4 Å². The van der Waals surface area contributed by atoms with Crippen LogP contribution in [0, 0.1) is 12.7 Å². The Balaban J connectivity index is 1.74. The van der Waals surface area contributed by atoms with E-state index in [-0.39, 0.29) is 16.1 Å². The van der Waals surface area contributed by atoms with Gasteiger partial charge in [-0.25, -0.2) is 17.6 Å². The Morgan fingerprint density at radius 3 is 2.13 bits per heavy atom. The van der Waals surface area contributed by atoms with Gasteiger partial charge in [0.1, 0.15) is 5.82 Å². The molecule has 0 unspecified atom stereocenters. The largest absolute Gasteiger partial charge is 0.351 e. The zero-order valence-corrected chi connectivity index (χ0v) is 17.2. The number of benzene rings is 3. The van der Waals surface area contributed by atoms with Crippen molar-refractivity contribution >= 4 is 39.0 Å². The minimum Gasteiger partial charge on any atom is -0.351 e. The average molecular weight is 442 g/mol. The minimum atomic E-state index is -4.04. The van der Waals surface area contributed by atoms with Crippen LogP contribution < -0.4 is 21.1 Å². The van der Waals surface area contributed by atoms with Crippen molar-refractivity contribution in [2.75, 3.05) is 15.4 Å². The van der Waals surface area contributed by atoms with Crippen LogP contribution in [0.5, 0.6) is 0 Å². The number of nitrogens with one attached hydrogen (secondary N) is 3. The van der Waals surface area contributed by atoms with Crippen LogP contribution in [0.2, 0.25) is 0 Å². The summed E-state index contributed by atoms with van der Waals surface area (Å²) in [5.41, 5.74) is 6.65. The topological polar surface area (TPSA) is 130 Å². The average Bonchev–Trinajstić information content (AvgIpc) is 2.71. The number of nitrogens with two attached hydrogens (primary N) is 1. The Hall–Kier alpha value is -3.92. The van der Waals surface area contributed by atoms with E-state index < -0.39 is 27.8 Å². The quantitative estimate of drug-likeness (QED) is 0.464. The third-order valence-electron chi connectivity index (χ3n) is 4.24. The molecule has 3 aromatic rings. The van der Waals surface area contributed by atoms with Gasteiger partial charge in [0, 0.05) is 22.6 Å². The van der Waals surface area contributed by atoms with Gasteiger partial charge in [-0.1, -0.05) is 12.1 Å². The molecule has 0 aliphatic rings. The molecule has 3 amide bonds. The van der Waals surface area contributed by atoms with Crippen molar-refractivity contribution in [1.29, 1.82) is 0 Å². The van der Waals surface area contributed by atoms with E-state index in [1.54, 1.807) is 24.3 Å². The minimum absolute atomic E-state index is 0.148. The van der Waals surface area contributed by atoms with E-state index in [0.717, 1.165) is 6.07 Å². The van der Waals surface area contributed by atoms with Gasteiger partial charge in [0.2, 0.25) is 0 Å². The first-order chi connectivity index (χ1) is 14.6. The summed E-state index contributed by atoms with van der Waals surface area (Å²) in [5.74, 6) is -1.11. The number of sulfonamides is 1. The molecule has 0 saturated heterocycles. The van der Waals surface area contributed by atoms with Crippen molar-refractivity contribution in [2.45, 2.75) is 11.8 Å². The fourth-order valence-electron chi connectivity index (χ4n) is 2.66. The summed E-state index contributed by atoms with van der Waals surface area (Å²) >= 11 is 0. The number of urea groups is 1. The first kappa shape index (κ1) is 21.8. The highest BCUT2D eigenvalue weighted by Gasteiger charge is 2.17. The second-order valence-electron chi connectivity index (χ2n) is 6.62. The van der Waals surface area contributed by atoms with E-state index in [4.69, 9.17) is 5.73 Å². The summed E-state index contributed by atoms with van der Waals surface area (Å²) < 4.78 is 41.1. The molecule has 0 saturated carbocycles. The highest BCUT2D eigenvalue weighted by molar-refractivity contribution is 7.92. The molecule has 8 nitrogen and oxygen atoms in total. The SMILES string of the molecule is Cc1ccc(S(=O)(=O)Nc2cccc(C(=O)Nc3ccc(NC(N)=O)cc3)c2)cc1F. The smallest absolute Gasteiger partial charge is 0.316 e. The zero-order chi connectivity index (χ0) is 22.6. The van der Waals surface area contributed by atoms with Crippen LogP contribution in [0.25, 0.3) is 0 Å². The highest BCUT2D eigenvalue weighted by atomic mass is 32.2. The molecule has 31 heavy (non-hydrogen) atoms. The molecule has 0 spiro atoms. The molecule has 0 atom stereocenters. The summed E-state index contributed by atoms with van der Waals surface area (Å²) in [6.07, 6.45) is 0. The zero-order valence-electron chi connectivity index (χ0n) is 16.3. The number of carbonyl (C=O) groups is 2. The van der Waals surface area contributed by atoms with Gasteiger partial charge in [0.25, 0.3) is 15.9 Å². The van der Waals surface area contributed by atoms with Crippen molar-refractivity contribution in [3.8, 4) is 0 Å². The number of amides is 3. The molecular formula is C21H19FN4O4S. The van der Waals surface area contributed by atoms with Crippen LogP contribution in [0.15, 0.2) is 71.6 Å². The number of carbonyl (C=O) groups excluding carboxylic acids is 2. The van der Waals surface area contributed by atoms with Crippen LogP contribution >= 0.6 is 0 Å². The monoisotopic (exact) mass is 442 g/mol. The van der Waals surface area contributed by atoms with Gasteiger partial charge in [-0.05, 0) is 67.1 Å². The summed E-state index contributed by atoms with van der Waals surface area (Å²) in [5, 5.41) is 5.07. The Labute approximate surface area is 178 Å². The number of hydrogen-bond donors (Lipinski definition) is 4. The van der Waals surface area contributed by atoms with Gasteiger partial charge in [-0.2, -0.15) is 0 Å². The van der Waals surface area contributed by atoms with Gasteiger partial charge in [-0.15, -0.1) is 0 Å². The summed E-state index contributed by atoms with van der Waals surface area (Å²) in [4.78, 5) is 23.1. The maximum atomic E-state index is 13.7. The van der Waals surface area contributed by atoms with E-state index in [1.807, 2.05) is 0 Å². The Bertz CT molecular complexity index is 1240. The van der Waals surface area contributed by atoms with Crippen molar-refractivity contribution in [1.82, 2.24) is 0 Å². The number of rotatable bonds is 6. The summed E-state index contributed by atoms with van der Waals surface area (Å²) in [6.45, 7) is 1.53. The summed E-state index contributed by atoms with van der Waals surface area (Å²) in [6, 6.07) is 15.0. The fourth-order valence-corrected chi connectivity index (χ4v) is 3.72. The van der Waals surface area contributed by atoms with E-state index in [9.17, 15) is 22.4 Å². The molecule has 10 heteroatoms. The molecular weight excluding hydrogens is 423 g/mol. The standard InChI is InChI=1S/C21H19FN4O4S/c1-13-5-10-18(12-19(13)22)31(29,30)26-17-4-2-3-14(11-17)20(27)24-15-6-8-16(9-7-15)25-21(23)28/h2-12,26H,1H3,(H,24,27)(H3,23,25,28). The number of primary amides is 1. The fraction of sp³-hybridized carbons (Fsp3) is 0.0476. The molecule has 0 heterocycles. The predicted molar refractivity (Wildman–Crippen MR) is 116 cm³/mol. The van der Waals surface area contributed by atoms with E-state index >= 15 is 0 Å². The number of halogens is 1. The number of anilines is 3. The maximum Gasteiger partial charge on any atom is 0.316 e. The normalized spacial score (nSPS) is 10.9. The molecule has 0 aliphatic carbocycles. The third-order valence-corrected chi connectivity index (χ3v) is 5.62. The Kier molecular flexibility index (Phi) is 6.21. The van der Waals surface area contributed by atoms with Crippen molar-refractivity contribution < 1.29 is 22.4 Å². The molecule has 3 aromatic carbocycles. The first-order valence-electron chi connectivity index (χ1n) is 9.01. The predicted octanol–water partition coefficient (Wildman–Crippen LogP) is 3.68. The maximum absolute atomic E-state index is 13.7. The first-order valence-corrected chi connectivity index (χ1v) is 10.5. The Morgan fingerprint density at radius 1 is 0.871 bits per heavy atom. The van der Waals surface area contributed by atoms with Crippen molar-refractivity contribution in [3.63, 3.8) is 0 Å². The van der Waals surface area contributed by atoms with Crippen molar-refractivity contribution in [2.24, 2.45) is 5.73 Å². The second kappa shape index (κ2) is 8.84. The van der Waals surface area contributed by atoms with Gasteiger partial charge in [0.05, 0.1) is 4.90 Å². The molecule has 0 aromatic heterocycles. The van der Waals surface area contributed by atoms with E-state index in [1.165, 1.54) is 43.3 Å². The lowest BCUT2D eigenvalue weighted by Gasteiger charge is -2.11. The highest BCUT2D eigenvalue weighted by Crippen LogP contribution is 2.20. The molecule has 5 N–H and O–H groups in total. The van der Waals surface area contributed by atoms with Crippen LogP contribution in [0.3, 0.4) is 0 Å². The van der Waals surface area contributed by atoms with Crippen LogP contribution in [-0.2, 0) is 10.0 Å². The van der Waals surface area contributed by atoms with Gasteiger partial charge >= 0.3 is 6.03 Å². The lowest BCUT2D eigenvalue weighted by atomic mass is 10.2. The van der Waals surface area contributed by atoms with Crippen LogP contribution in [0.1, 0.15) is 15.9 Å². The Morgan fingerprint density at radius 2 is 1.52 bits per heavy atom. The number of aryl methyl sites for hydroxylation is 1. The van der Waals surface area contributed by atoms with E-state index in [0.29, 0.717) is 16.9 Å². The lowest BCUT2D eigenvalue weighted by molar-refractivity contribution is 0.102. The molecule has 3 rings (SSSR count). The molecule has 0 fully saturated rings. The second-order valence-corrected chi connectivity index (χ2v) is 8.30. The lowest BCUT2D eigenvalue weighted by Crippen LogP contribution is -2.19. The molecule has 0 radical (unpaired) electrons. The van der Waals surface area contributed by atoms with Crippen LogP contribution in [-0.4, -0.2) is 20.4 Å².